The number of aliphatic hydroxyl groups excluding tert-OH is 1. The van der Waals surface area contributed by atoms with Gasteiger partial charge in [-0.05, 0) is 78.4 Å². The molecule has 1 aromatic heterocycles. The number of ether oxygens (including phenoxy) is 2. The first-order chi connectivity index (χ1) is 18.3. The van der Waals surface area contributed by atoms with E-state index >= 15 is 0 Å². The Morgan fingerprint density at radius 3 is 2.68 bits per heavy atom. The molecule has 0 aliphatic carbocycles. The lowest BCUT2D eigenvalue weighted by molar-refractivity contribution is -0.140. The van der Waals surface area contributed by atoms with Gasteiger partial charge in [0, 0.05) is 30.9 Å². The quantitative estimate of drug-likeness (QED) is 0.245. The molecule has 0 spiro atoms. The van der Waals surface area contributed by atoms with Crippen molar-refractivity contribution in [1.29, 1.82) is 0 Å². The molecule has 0 unspecified atom stereocenters. The minimum absolute atomic E-state index is 0.0479. The molecule has 2 aliphatic heterocycles. The Balaban J connectivity index is 1.57. The number of carbonyl (C=O) groups is 2. The molecule has 0 saturated carbocycles. The van der Waals surface area contributed by atoms with Crippen molar-refractivity contribution in [1.82, 2.24) is 9.88 Å². The highest BCUT2D eigenvalue weighted by molar-refractivity contribution is 6.46. The fraction of sp³-hybridized carbons (Fsp3) is 0.323. The number of aliphatic hydroxyl groups is 1. The van der Waals surface area contributed by atoms with E-state index in [0.717, 1.165) is 23.3 Å². The van der Waals surface area contributed by atoms with Gasteiger partial charge in [0.15, 0.2) is 0 Å². The first-order valence-electron chi connectivity index (χ1n) is 13.0. The van der Waals surface area contributed by atoms with Gasteiger partial charge in [-0.25, -0.2) is 0 Å². The molecule has 7 heteroatoms. The molecule has 1 N–H and O–H groups in total. The van der Waals surface area contributed by atoms with Crippen LogP contribution < -0.4 is 9.47 Å². The normalized spacial score (nSPS) is 20.1. The summed E-state index contributed by atoms with van der Waals surface area (Å²) < 4.78 is 11.8. The maximum absolute atomic E-state index is 13.4. The minimum Gasteiger partial charge on any atom is -0.507 e. The first kappa shape index (κ1) is 25.5. The molecular weight excluding hydrogens is 480 g/mol. The van der Waals surface area contributed by atoms with Crippen LogP contribution in [-0.2, 0) is 22.6 Å². The molecule has 2 aliphatic rings. The van der Waals surface area contributed by atoms with E-state index < -0.39 is 17.7 Å². The summed E-state index contributed by atoms with van der Waals surface area (Å²) in [5.74, 6) is 0.372. The lowest BCUT2D eigenvalue weighted by Crippen LogP contribution is -2.29. The second kappa shape index (κ2) is 10.7. The number of amides is 1. The third kappa shape index (κ3) is 5.14. The number of aromatic nitrogens is 1. The second-order valence-corrected chi connectivity index (χ2v) is 10.3. The van der Waals surface area contributed by atoms with Crippen LogP contribution in [0.4, 0.5) is 0 Å². The Labute approximate surface area is 222 Å². The molecular formula is C31H32N2O5. The summed E-state index contributed by atoms with van der Waals surface area (Å²) in [7, 11) is 0. The SMILES string of the molecule is CC(C)CCOc1cccc([C@@H]2/C(=C(\O)c3ccc4c(c3)C[C@H](C)O4)C(=O)C(=O)N2Cc2ccncc2)c1. The van der Waals surface area contributed by atoms with Crippen LogP contribution in [0.5, 0.6) is 11.5 Å². The summed E-state index contributed by atoms with van der Waals surface area (Å²) in [6.45, 7) is 7.02. The highest BCUT2D eigenvalue weighted by atomic mass is 16.5. The van der Waals surface area contributed by atoms with E-state index in [-0.39, 0.29) is 24.0 Å². The van der Waals surface area contributed by atoms with Crippen molar-refractivity contribution >= 4 is 17.4 Å². The minimum atomic E-state index is -0.778. The summed E-state index contributed by atoms with van der Waals surface area (Å²) in [6.07, 6.45) is 4.97. The number of carbonyl (C=O) groups excluding carboxylic acids is 2. The first-order valence-corrected chi connectivity index (χ1v) is 13.0. The maximum atomic E-state index is 13.4. The molecule has 2 aromatic carbocycles. The lowest BCUT2D eigenvalue weighted by atomic mass is 9.94. The van der Waals surface area contributed by atoms with Crippen LogP contribution in [0.25, 0.3) is 5.76 Å². The van der Waals surface area contributed by atoms with Crippen molar-refractivity contribution in [2.45, 2.75) is 52.3 Å². The number of hydrogen-bond acceptors (Lipinski definition) is 6. The monoisotopic (exact) mass is 512 g/mol. The van der Waals surface area contributed by atoms with E-state index in [1.54, 1.807) is 24.5 Å². The van der Waals surface area contributed by atoms with Gasteiger partial charge in [-0.15, -0.1) is 0 Å². The molecule has 1 fully saturated rings. The zero-order valence-corrected chi connectivity index (χ0v) is 21.9. The van der Waals surface area contributed by atoms with Gasteiger partial charge in [0.05, 0.1) is 18.2 Å². The Bertz CT molecular complexity index is 1380. The van der Waals surface area contributed by atoms with Gasteiger partial charge in [0.25, 0.3) is 11.7 Å². The van der Waals surface area contributed by atoms with Gasteiger partial charge in [-0.1, -0.05) is 26.0 Å². The molecule has 5 rings (SSSR count). The smallest absolute Gasteiger partial charge is 0.295 e. The second-order valence-electron chi connectivity index (χ2n) is 10.3. The molecule has 0 bridgehead atoms. The van der Waals surface area contributed by atoms with Gasteiger partial charge in [-0.3, -0.25) is 14.6 Å². The van der Waals surface area contributed by atoms with Crippen LogP contribution in [0.3, 0.4) is 0 Å². The fourth-order valence-electron chi connectivity index (χ4n) is 4.99. The average Bonchev–Trinajstić information content (AvgIpc) is 3.40. The van der Waals surface area contributed by atoms with E-state index in [1.807, 2.05) is 49.4 Å². The number of rotatable bonds is 8. The molecule has 3 heterocycles. The largest absolute Gasteiger partial charge is 0.507 e. The number of likely N-dealkylation sites (tertiary alicyclic amines) is 1. The third-order valence-electron chi connectivity index (χ3n) is 6.95. The van der Waals surface area contributed by atoms with Crippen LogP contribution in [0.1, 0.15) is 55.5 Å². The van der Waals surface area contributed by atoms with E-state index in [4.69, 9.17) is 9.47 Å². The van der Waals surface area contributed by atoms with Crippen molar-refractivity contribution < 1.29 is 24.2 Å². The number of pyridine rings is 1. The molecule has 196 valence electrons. The molecule has 2 atom stereocenters. The molecule has 0 radical (unpaired) electrons. The van der Waals surface area contributed by atoms with Crippen molar-refractivity contribution in [3.8, 4) is 11.5 Å². The highest BCUT2D eigenvalue weighted by Gasteiger charge is 2.46. The van der Waals surface area contributed by atoms with E-state index in [0.29, 0.717) is 35.8 Å². The predicted octanol–water partition coefficient (Wildman–Crippen LogP) is 5.45. The Kier molecular flexibility index (Phi) is 7.18. The predicted molar refractivity (Wildman–Crippen MR) is 144 cm³/mol. The number of benzene rings is 2. The summed E-state index contributed by atoms with van der Waals surface area (Å²) in [6, 6.07) is 15.6. The van der Waals surface area contributed by atoms with Crippen LogP contribution in [0.2, 0.25) is 0 Å². The van der Waals surface area contributed by atoms with Crippen molar-refractivity contribution in [3.05, 3.63) is 94.8 Å². The zero-order valence-electron chi connectivity index (χ0n) is 21.9. The molecule has 7 nitrogen and oxygen atoms in total. The summed E-state index contributed by atoms with van der Waals surface area (Å²) >= 11 is 0. The van der Waals surface area contributed by atoms with Gasteiger partial charge in [0.2, 0.25) is 0 Å². The van der Waals surface area contributed by atoms with Crippen LogP contribution in [-0.4, -0.2) is 39.4 Å². The van der Waals surface area contributed by atoms with Crippen molar-refractivity contribution in [2.75, 3.05) is 6.61 Å². The van der Waals surface area contributed by atoms with E-state index in [2.05, 4.69) is 18.8 Å². The lowest BCUT2D eigenvalue weighted by Gasteiger charge is -2.26. The van der Waals surface area contributed by atoms with Crippen molar-refractivity contribution in [3.63, 3.8) is 0 Å². The highest BCUT2D eigenvalue weighted by Crippen LogP contribution is 2.42. The molecule has 3 aromatic rings. The topological polar surface area (TPSA) is 89.0 Å². The van der Waals surface area contributed by atoms with E-state index in [1.165, 1.54) is 4.90 Å². The Hall–Kier alpha value is -4.13. The number of fused-ring (bicyclic) bond motifs is 1. The molecule has 38 heavy (non-hydrogen) atoms. The Morgan fingerprint density at radius 1 is 1.13 bits per heavy atom. The van der Waals surface area contributed by atoms with Crippen molar-refractivity contribution in [2.24, 2.45) is 5.92 Å². The van der Waals surface area contributed by atoms with Gasteiger partial charge < -0.3 is 19.5 Å². The zero-order chi connectivity index (χ0) is 26.8. The van der Waals surface area contributed by atoms with Gasteiger partial charge >= 0.3 is 0 Å². The number of ketones is 1. The molecule has 1 saturated heterocycles. The molecule has 1 amide bonds. The van der Waals surface area contributed by atoms with Crippen LogP contribution in [0.15, 0.2) is 72.6 Å². The third-order valence-corrected chi connectivity index (χ3v) is 6.95. The number of Topliss-reactive ketones (excluding diaryl/α,β-unsaturated/α-hetero) is 1. The summed E-state index contributed by atoms with van der Waals surface area (Å²) in [5.41, 5.74) is 3.04. The van der Waals surface area contributed by atoms with E-state index in [9.17, 15) is 14.7 Å². The van der Waals surface area contributed by atoms with Crippen LogP contribution in [0, 0.1) is 5.92 Å². The maximum Gasteiger partial charge on any atom is 0.295 e. The number of hydrogen-bond donors (Lipinski definition) is 1. The average molecular weight is 513 g/mol. The van der Waals surface area contributed by atoms with Gasteiger partial charge in [-0.2, -0.15) is 0 Å². The summed E-state index contributed by atoms with van der Waals surface area (Å²) in [4.78, 5) is 32.4. The summed E-state index contributed by atoms with van der Waals surface area (Å²) in [5, 5.41) is 11.5. The Morgan fingerprint density at radius 2 is 1.92 bits per heavy atom. The standard InChI is InChI=1S/C31H32N2O5/c1-19(2)11-14-37-25-6-4-5-22(17-25)28-27(29(34)23-7-8-26-24(16-23)15-20(3)38-26)30(35)31(36)33(28)18-21-9-12-32-13-10-21/h4-10,12-13,16-17,19-20,28,34H,11,14-15,18H2,1-3H3/b29-27+/t20-,28+/m0/s1. The number of nitrogens with zero attached hydrogens (tertiary/aromatic N) is 2. The van der Waals surface area contributed by atoms with Crippen LogP contribution >= 0.6 is 0 Å². The fourth-order valence-corrected chi connectivity index (χ4v) is 4.99. The van der Waals surface area contributed by atoms with Gasteiger partial charge in [0.1, 0.15) is 23.4 Å².